The van der Waals surface area contributed by atoms with Gasteiger partial charge in [-0.05, 0) is 35.9 Å². The lowest BCUT2D eigenvalue weighted by atomic mass is 10.1. The third-order valence-electron chi connectivity index (χ3n) is 3.35. The quantitative estimate of drug-likeness (QED) is 0.632. The second kappa shape index (κ2) is 7.75. The number of phenols is 1. The van der Waals surface area contributed by atoms with Crippen LogP contribution in [-0.2, 0) is 0 Å². The molecule has 0 unspecified atom stereocenters. The lowest BCUT2D eigenvalue weighted by Crippen LogP contribution is -2.00. The molecular weight excluding hydrogens is 332 g/mol. The van der Waals surface area contributed by atoms with Crippen molar-refractivity contribution >= 4 is 23.5 Å². The Morgan fingerprint density at radius 3 is 2.17 bits per heavy atom. The highest BCUT2D eigenvalue weighted by molar-refractivity contribution is 6.32. The minimum atomic E-state index is -0.238. The highest BCUT2D eigenvalue weighted by atomic mass is 35.5. The second-order valence-electron chi connectivity index (χ2n) is 4.82. The number of hydrogen-bond acceptors (Lipinski definition) is 5. The van der Waals surface area contributed by atoms with Crippen molar-refractivity contribution in [2.75, 3.05) is 21.3 Å². The molecule has 2 aromatic carbocycles. The summed E-state index contributed by atoms with van der Waals surface area (Å²) in [6, 6.07) is 7.84. The number of methoxy groups -OCH3 is 3. The number of benzene rings is 2. The number of ketones is 1. The summed E-state index contributed by atoms with van der Waals surface area (Å²) in [5.74, 6) is 0.983. The van der Waals surface area contributed by atoms with Gasteiger partial charge in [-0.3, -0.25) is 4.79 Å². The van der Waals surface area contributed by atoms with Gasteiger partial charge in [0.25, 0.3) is 0 Å². The van der Waals surface area contributed by atoms with Crippen LogP contribution >= 0.6 is 11.6 Å². The number of aromatic hydroxyl groups is 1. The Morgan fingerprint density at radius 1 is 1.04 bits per heavy atom. The number of ether oxygens (including phenoxy) is 3. The molecule has 5 nitrogen and oxygen atoms in total. The molecule has 0 bridgehead atoms. The maximum absolute atomic E-state index is 12.4. The monoisotopic (exact) mass is 348 g/mol. The van der Waals surface area contributed by atoms with Crippen molar-refractivity contribution in [3.05, 3.63) is 52.6 Å². The summed E-state index contributed by atoms with van der Waals surface area (Å²) in [6.07, 6.45) is 3.01. The van der Waals surface area contributed by atoms with Crippen molar-refractivity contribution in [2.45, 2.75) is 0 Å². The van der Waals surface area contributed by atoms with E-state index in [1.807, 2.05) is 0 Å². The fourth-order valence-electron chi connectivity index (χ4n) is 2.12. The molecule has 0 saturated carbocycles. The Labute approximate surface area is 145 Å². The Kier molecular flexibility index (Phi) is 5.71. The maximum Gasteiger partial charge on any atom is 0.203 e. The average molecular weight is 349 g/mol. The number of hydrogen-bond donors (Lipinski definition) is 1. The minimum Gasteiger partial charge on any atom is -0.506 e. The first-order valence-electron chi connectivity index (χ1n) is 7.01. The van der Waals surface area contributed by atoms with E-state index in [9.17, 15) is 9.90 Å². The van der Waals surface area contributed by atoms with Crippen LogP contribution in [-0.4, -0.2) is 32.2 Å². The van der Waals surface area contributed by atoms with E-state index in [1.54, 1.807) is 30.3 Å². The van der Waals surface area contributed by atoms with Crippen LogP contribution in [0.25, 0.3) is 6.08 Å². The molecule has 0 aliphatic rings. The fourth-order valence-corrected chi connectivity index (χ4v) is 2.31. The lowest BCUT2D eigenvalue weighted by Gasteiger charge is -2.13. The van der Waals surface area contributed by atoms with Crippen LogP contribution in [0, 0.1) is 0 Å². The Balaban J connectivity index is 2.32. The zero-order valence-electron chi connectivity index (χ0n) is 13.5. The van der Waals surface area contributed by atoms with Crippen molar-refractivity contribution in [1.29, 1.82) is 0 Å². The van der Waals surface area contributed by atoms with E-state index in [0.29, 0.717) is 28.4 Å². The fraction of sp³-hybridized carbons (Fsp3) is 0.167. The highest BCUT2D eigenvalue weighted by Crippen LogP contribution is 2.38. The summed E-state index contributed by atoms with van der Waals surface area (Å²) in [7, 11) is 4.47. The van der Waals surface area contributed by atoms with Gasteiger partial charge in [-0.1, -0.05) is 23.7 Å². The smallest absolute Gasteiger partial charge is 0.203 e. The maximum atomic E-state index is 12.4. The van der Waals surface area contributed by atoms with Gasteiger partial charge in [-0.15, -0.1) is 0 Å². The Hall–Kier alpha value is -2.66. The van der Waals surface area contributed by atoms with Crippen LogP contribution in [0.2, 0.25) is 5.02 Å². The first-order chi connectivity index (χ1) is 11.5. The Morgan fingerprint density at radius 2 is 1.67 bits per heavy atom. The molecule has 0 radical (unpaired) electrons. The second-order valence-corrected chi connectivity index (χ2v) is 5.23. The minimum absolute atomic E-state index is 0.00947. The SMILES string of the molecule is COc1cc(C(=O)C=Cc2ccc(O)c(Cl)c2)cc(OC)c1OC. The third kappa shape index (κ3) is 3.81. The number of rotatable bonds is 6. The van der Waals surface area contributed by atoms with Crippen LogP contribution < -0.4 is 14.2 Å². The van der Waals surface area contributed by atoms with Crippen molar-refractivity contribution in [3.8, 4) is 23.0 Å². The van der Waals surface area contributed by atoms with Gasteiger partial charge in [0.2, 0.25) is 5.75 Å². The van der Waals surface area contributed by atoms with Gasteiger partial charge in [0.1, 0.15) is 5.75 Å². The standard InChI is InChI=1S/C18H17ClO5/c1-22-16-9-12(10-17(23-2)18(16)24-3)14(20)6-4-11-5-7-15(21)13(19)8-11/h4-10,21H,1-3H3. The van der Waals surface area contributed by atoms with Crippen molar-refractivity contribution in [2.24, 2.45) is 0 Å². The summed E-state index contributed by atoms with van der Waals surface area (Å²) >= 11 is 5.84. The van der Waals surface area contributed by atoms with Gasteiger partial charge in [0, 0.05) is 5.56 Å². The molecule has 0 heterocycles. The molecular formula is C18H17ClO5. The topological polar surface area (TPSA) is 65.0 Å². The number of phenolic OH excluding ortho intramolecular Hbond substituents is 1. The van der Waals surface area contributed by atoms with Crippen molar-refractivity contribution in [1.82, 2.24) is 0 Å². The molecule has 0 amide bonds. The van der Waals surface area contributed by atoms with E-state index in [2.05, 4.69) is 0 Å². The van der Waals surface area contributed by atoms with Crippen LogP contribution in [0.4, 0.5) is 0 Å². The molecule has 2 aromatic rings. The molecule has 0 atom stereocenters. The van der Waals surface area contributed by atoms with Gasteiger partial charge in [-0.25, -0.2) is 0 Å². The average Bonchev–Trinajstić information content (AvgIpc) is 2.60. The van der Waals surface area contributed by atoms with Gasteiger partial charge in [-0.2, -0.15) is 0 Å². The molecule has 0 fully saturated rings. The van der Waals surface area contributed by atoms with Crippen molar-refractivity contribution in [3.63, 3.8) is 0 Å². The van der Waals surface area contributed by atoms with E-state index in [-0.39, 0.29) is 16.6 Å². The van der Waals surface area contributed by atoms with Gasteiger partial charge >= 0.3 is 0 Å². The molecule has 6 heteroatoms. The summed E-state index contributed by atoms with van der Waals surface area (Å²) in [4.78, 5) is 12.4. The highest BCUT2D eigenvalue weighted by Gasteiger charge is 2.15. The van der Waals surface area contributed by atoms with Crippen LogP contribution in [0.5, 0.6) is 23.0 Å². The van der Waals surface area contributed by atoms with E-state index in [4.69, 9.17) is 25.8 Å². The predicted octanol–water partition coefficient (Wildman–Crippen LogP) is 3.97. The first-order valence-corrected chi connectivity index (χ1v) is 7.39. The molecule has 0 aliphatic heterocycles. The molecule has 126 valence electrons. The molecule has 24 heavy (non-hydrogen) atoms. The van der Waals surface area contributed by atoms with E-state index in [0.717, 1.165) is 0 Å². The zero-order chi connectivity index (χ0) is 17.7. The van der Waals surface area contributed by atoms with E-state index >= 15 is 0 Å². The Bertz CT molecular complexity index is 758. The number of halogens is 1. The van der Waals surface area contributed by atoms with Gasteiger partial charge in [0.15, 0.2) is 17.3 Å². The van der Waals surface area contributed by atoms with Crippen LogP contribution in [0.3, 0.4) is 0 Å². The van der Waals surface area contributed by atoms with E-state index < -0.39 is 0 Å². The first kappa shape index (κ1) is 17.7. The zero-order valence-corrected chi connectivity index (χ0v) is 14.3. The predicted molar refractivity (Wildman–Crippen MR) is 92.6 cm³/mol. The van der Waals surface area contributed by atoms with Gasteiger partial charge < -0.3 is 19.3 Å². The normalized spacial score (nSPS) is 10.7. The van der Waals surface area contributed by atoms with Crippen LogP contribution in [0.1, 0.15) is 15.9 Å². The van der Waals surface area contributed by atoms with E-state index in [1.165, 1.54) is 33.5 Å². The third-order valence-corrected chi connectivity index (χ3v) is 3.65. The van der Waals surface area contributed by atoms with Gasteiger partial charge in [0.05, 0.1) is 26.4 Å². The molecule has 0 aliphatic carbocycles. The summed E-state index contributed by atoms with van der Waals surface area (Å²) in [5, 5.41) is 9.62. The largest absolute Gasteiger partial charge is 0.506 e. The summed E-state index contributed by atoms with van der Waals surface area (Å²) < 4.78 is 15.7. The number of allylic oxidation sites excluding steroid dienone is 1. The summed E-state index contributed by atoms with van der Waals surface area (Å²) in [6.45, 7) is 0. The van der Waals surface area contributed by atoms with Crippen LogP contribution in [0.15, 0.2) is 36.4 Å². The molecule has 1 N–H and O–H groups in total. The molecule has 0 aromatic heterocycles. The molecule has 2 rings (SSSR count). The lowest BCUT2D eigenvalue weighted by molar-refractivity contribution is 0.104. The summed E-state index contributed by atoms with van der Waals surface area (Å²) in [5.41, 5.74) is 1.09. The molecule has 0 spiro atoms. The molecule has 0 saturated heterocycles. The number of carbonyl (C=O) groups excluding carboxylic acids is 1. The number of carbonyl (C=O) groups is 1. The van der Waals surface area contributed by atoms with Crippen molar-refractivity contribution < 1.29 is 24.1 Å².